The number of amides is 3. The first-order chi connectivity index (χ1) is 13.9. The van der Waals surface area contributed by atoms with Crippen LogP contribution in [0.5, 0.6) is 0 Å². The summed E-state index contributed by atoms with van der Waals surface area (Å²) in [5.74, 6) is -3.55. The SMILES string of the molecule is O=C([O-])CC[C@@H]1[NH2+][C@]2(C(=O)Nc3ccccc32)[C@@H]2C(=O)N(C3CCCC3)C(=O)[C@H]12. The maximum atomic E-state index is 13.6. The van der Waals surface area contributed by atoms with Crippen molar-refractivity contribution >= 4 is 29.4 Å². The summed E-state index contributed by atoms with van der Waals surface area (Å²) in [4.78, 5) is 52.6. The fourth-order valence-electron chi connectivity index (χ4n) is 6.01. The van der Waals surface area contributed by atoms with E-state index in [1.54, 1.807) is 11.4 Å². The fourth-order valence-corrected chi connectivity index (χ4v) is 6.01. The predicted molar refractivity (Wildman–Crippen MR) is 97.8 cm³/mol. The Labute approximate surface area is 167 Å². The Morgan fingerprint density at radius 1 is 1.17 bits per heavy atom. The summed E-state index contributed by atoms with van der Waals surface area (Å²) in [6, 6.07) is 6.66. The second-order valence-corrected chi connectivity index (χ2v) is 8.60. The standard InChI is InChI=1S/C21H23N3O5/c25-15(26)10-9-14-16-17(19(28)24(18(16)27)11-5-1-2-6-11)21(23-14)12-7-3-4-8-13(12)22-20(21)29/h3-4,7-8,11,14,16-17,23H,1-2,5-6,9-10H2,(H,22,29)(H,25,26)/t14-,16+,17-,21-/m0/s1. The van der Waals surface area contributed by atoms with Crippen LogP contribution >= 0.6 is 0 Å². The van der Waals surface area contributed by atoms with Crippen molar-refractivity contribution in [2.24, 2.45) is 11.8 Å². The van der Waals surface area contributed by atoms with Gasteiger partial charge in [0.25, 0.3) is 5.91 Å². The number of nitrogens with one attached hydrogen (secondary N) is 1. The summed E-state index contributed by atoms with van der Waals surface area (Å²) < 4.78 is 0. The molecule has 8 nitrogen and oxygen atoms in total. The zero-order chi connectivity index (χ0) is 20.3. The van der Waals surface area contributed by atoms with E-state index >= 15 is 0 Å². The number of anilines is 1. The molecule has 3 N–H and O–H groups in total. The molecule has 0 radical (unpaired) electrons. The van der Waals surface area contributed by atoms with Crippen molar-refractivity contribution in [3.63, 3.8) is 0 Å². The lowest BCUT2D eigenvalue weighted by Crippen LogP contribution is -2.99. The van der Waals surface area contributed by atoms with Crippen molar-refractivity contribution in [1.82, 2.24) is 4.90 Å². The quantitative estimate of drug-likeness (QED) is 0.622. The molecule has 4 atom stereocenters. The lowest BCUT2D eigenvalue weighted by molar-refractivity contribution is -0.734. The van der Waals surface area contributed by atoms with Crippen molar-refractivity contribution in [3.05, 3.63) is 29.8 Å². The van der Waals surface area contributed by atoms with E-state index in [0.29, 0.717) is 11.3 Å². The van der Waals surface area contributed by atoms with Crippen LogP contribution in [0.1, 0.15) is 44.1 Å². The number of rotatable bonds is 4. The van der Waals surface area contributed by atoms with Crippen LogP contribution in [0.3, 0.4) is 0 Å². The second kappa shape index (κ2) is 6.38. The van der Waals surface area contributed by atoms with Crippen LogP contribution in [0.4, 0.5) is 5.69 Å². The van der Waals surface area contributed by atoms with Gasteiger partial charge in [-0.05, 0) is 25.3 Å². The monoisotopic (exact) mass is 397 g/mol. The number of benzene rings is 1. The average molecular weight is 397 g/mol. The van der Waals surface area contributed by atoms with Gasteiger partial charge in [0.2, 0.25) is 17.4 Å². The Bertz CT molecular complexity index is 925. The van der Waals surface area contributed by atoms with Crippen LogP contribution in [-0.2, 0) is 24.7 Å². The van der Waals surface area contributed by atoms with E-state index in [0.717, 1.165) is 25.7 Å². The van der Waals surface area contributed by atoms with Crippen molar-refractivity contribution in [1.29, 1.82) is 0 Å². The maximum absolute atomic E-state index is 13.6. The van der Waals surface area contributed by atoms with Gasteiger partial charge in [0.1, 0.15) is 17.9 Å². The van der Waals surface area contributed by atoms with Gasteiger partial charge in [0.05, 0.1) is 5.69 Å². The van der Waals surface area contributed by atoms with Gasteiger partial charge >= 0.3 is 0 Å². The summed E-state index contributed by atoms with van der Waals surface area (Å²) in [5, 5.41) is 15.7. The first-order valence-electron chi connectivity index (χ1n) is 10.3. The first kappa shape index (κ1) is 18.3. The van der Waals surface area contributed by atoms with Crippen molar-refractivity contribution in [3.8, 4) is 0 Å². The summed E-state index contributed by atoms with van der Waals surface area (Å²) in [7, 11) is 0. The summed E-state index contributed by atoms with van der Waals surface area (Å²) in [6.07, 6.45) is 3.50. The van der Waals surface area contributed by atoms with E-state index in [1.807, 2.05) is 18.2 Å². The Kier molecular flexibility index (Phi) is 4.03. The molecule has 3 amide bonds. The number of nitrogens with two attached hydrogens (primary N) is 1. The number of carbonyl (C=O) groups excluding carboxylic acids is 4. The van der Waals surface area contributed by atoms with Crippen LogP contribution in [-0.4, -0.2) is 40.7 Å². The molecule has 3 fully saturated rings. The van der Waals surface area contributed by atoms with Crippen molar-refractivity contribution in [2.75, 3.05) is 5.32 Å². The largest absolute Gasteiger partial charge is 0.550 e. The summed E-state index contributed by atoms with van der Waals surface area (Å²) in [6.45, 7) is 0. The molecule has 0 unspecified atom stereocenters. The Morgan fingerprint density at radius 2 is 1.90 bits per heavy atom. The number of hydrogen-bond donors (Lipinski definition) is 2. The highest BCUT2D eigenvalue weighted by atomic mass is 16.4. The second-order valence-electron chi connectivity index (χ2n) is 8.60. The van der Waals surface area contributed by atoms with E-state index in [2.05, 4.69) is 5.32 Å². The third-order valence-electron chi connectivity index (χ3n) is 7.18. The fraction of sp³-hybridized carbons (Fsp3) is 0.524. The Balaban J connectivity index is 1.61. The molecule has 1 aromatic rings. The number of para-hydroxylation sites is 1. The molecule has 3 heterocycles. The average Bonchev–Trinajstić information content (AvgIpc) is 3.42. The zero-order valence-electron chi connectivity index (χ0n) is 15.9. The molecular formula is C21H23N3O5. The topological polar surface area (TPSA) is 123 Å². The summed E-state index contributed by atoms with van der Waals surface area (Å²) >= 11 is 0. The molecule has 8 heteroatoms. The minimum atomic E-state index is -1.22. The molecule has 1 spiro atoms. The first-order valence-corrected chi connectivity index (χ1v) is 10.3. The molecule has 2 saturated heterocycles. The predicted octanol–water partition coefficient (Wildman–Crippen LogP) is -1.15. The third-order valence-corrected chi connectivity index (χ3v) is 7.18. The molecule has 1 aromatic carbocycles. The smallest absolute Gasteiger partial charge is 0.291 e. The number of carboxylic acids is 1. The van der Waals surface area contributed by atoms with Gasteiger partial charge in [0.15, 0.2) is 0 Å². The van der Waals surface area contributed by atoms with E-state index < -0.39 is 29.4 Å². The van der Waals surface area contributed by atoms with E-state index in [-0.39, 0.29) is 36.6 Å². The number of likely N-dealkylation sites (tertiary alicyclic amines) is 1. The molecule has 1 aliphatic carbocycles. The molecule has 0 bridgehead atoms. The molecule has 3 aliphatic heterocycles. The van der Waals surface area contributed by atoms with Gasteiger partial charge in [-0.2, -0.15) is 0 Å². The third kappa shape index (κ3) is 2.41. The van der Waals surface area contributed by atoms with E-state index in [9.17, 15) is 24.3 Å². The lowest BCUT2D eigenvalue weighted by atomic mass is 9.76. The van der Waals surface area contributed by atoms with Gasteiger partial charge in [-0.1, -0.05) is 31.0 Å². The van der Waals surface area contributed by atoms with Gasteiger partial charge in [-0.25, -0.2) is 0 Å². The number of nitrogens with zero attached hydrogens (tertiary/aromatic N) is 1. The number of carbonyl (C=O) groups is 4. The van der Waals surface area contributed by atoms with E-state index in [1.165, 1.54) is 4.90 Å². The van der Waals surface area contributed by atoms with Crippen LogP contribution in [0, 0.1) is 11.8 Å². The molecule has 4 aliphatic rings. The van der Waals surface area contributed by atoms with Gasteiger partial charge in [0, 0.05) is 24.0 Å². The Hall–Kier alpha value is -2.74. The molecule has 1 saturated carbocycles. The number of hydrogen-bond acceptors (Lipinski definition) is 5. The van der Waals surface area contributed by atoms with Crippen molar-refractivity contribution in [2.45, 2.75) is 56.1 Å². The number of quaternary nitrogens is 1. The number of carboxylic acid groups (broad SMARTS) is 1. The zero-order valence-corrected chi connectivity index (χ0v) is 15.9. The van der Waals surface area contributed by atoms with Crippen LogP contribution in [0.2, 0.25) is 0 Å². The van der Waals surface area contributed by atoms with Crippen molar-refractivity contribution < 1.29 is 29.6 Å². The highest BCUT2D eigenvalue weighted by Crippen LogP contribution is 2.50. The minimum Gasteiger partial charge on any atom is -0.550 e. The number of fused-ring (bicyclic) bond motifs is 4. The Morgan fingerprint density at radius 3 is 2.62 bits per heavy atom. The molecule has 152 valence electrons. The number of aliphatic carboxylic acids is 1. The summed E-state index contributed by atoms with van der Waals surface area (Å²) in [5.41, 5.74) is 0.121. The molecule has 0 aromatic heterocycles. The van der Waals surface area contributed by atoms with Crippen LogP contribution in [0.15, 0.2) is 24.3 Å². The van der Waals surface area contributed by atoms with Crippen LogP contribution < -0.4 is 15.7 Å². The minimum absolute atomic E-state index is 0.112. The van der Waals surface area contributed by atoms with Gasteiger partial charge < -0.3 is 20.5 Å². The number of imide groups is 1. The highest BCUT2D eigenvalue weighted by molar-refractivity contribution is 6.14. The van der Waals surface area contributed by atoms with Gasteiger partial charge in [-0.15, -0.1) is 0 Å². The van der Waals surface area contributed by atoms with Crippen LogP contribution in [0.25, 0.3) is 0 Å². The van der Waals surface area contributed by atoms with Gasteiger partial charge in [-0.3, -0.25) is 19.3 Å². The molecule has 5 rings (SSSR count). The molecular weight excluding hydrogens is 374 g/mol. The normalized spacial score (nSPS) is 33.4. The maximum Gasteiger partial charge on any atom is 0.291 e. The lowest BCUT2D eigenvalue weighted by Gasteiger charge is -2.28. The molecule has 29 heavy (non-hydrogen) atoms. The van der Waals surface area contributed by atoms with E-state index in [4.69, 9.17) is 0 Å². The highest BCUT2D eigenvalue weighted by Gasteiger charge is 2.74.